The molecule has 19 heavy (non-hydrogen) atoms. The molecule has 0 unspecified atom stereocenters. The number of aryl methyl sites for hydroxylation is 1. The van der Waals surface area contributed by atoms with E-state index in [0.29, 0.717) is 17.0 Å². The number of halogens is 1. The van der Waals surface area contributed by atoms with Crippen molar-refractivity contribution >= 4 is 11.6 Å². The molecule has 0 aliphatic heterocycles. The summed E-state index contributed by atoms with van der Waals surface area (Å²) in [5, 5.41) is 0.666. The first-order valence-electron chi connectivity index (χ1n) is 7.63. The summed E-state index contributed by atoms with van der Waals surface area (Å²) >= 11 is 6.37. The van der Waals surface area contributed by atoms with Crippen molar-refractivity contribution in [2.24, 2.45) is 0 Å². The number of hydrogen-bond acceptors (Lipinski definition) is 2. The Morgan fingerprint density at radius 1 is 1.00 bits per heavy atom. The molecule has 2 nitrogen and oxygen atoms in total. The van der Waals surface area contributed by atoms with Crippen molar-refractivity contribution in [3.8, 4) is 0 Å². The predicted molar refractivity (Wildman–Crippen MR) is 80.9 cm³/mol. The second kappa shape index (κ2) is 6.69. The van der Waals surface area contributed by atoms with E-state index in [-0.39, 0.29) is 0 Å². The average molecular weight is 281 g/mol. The van der Waals surface area contributed by atoms with Gasteiger partial charge in [-0.2, -0.15) is 0 Å². The molecule has 1 aliphatic rings. The first kappa shape index (κ1) is 14.8. The second-order valence-corrected chi connectivity index (χ2v) is 6.43. The second-order valence-electron chi connectivity index (χ2n) is 6.07. The molecule has 0 bridgehead atoms. The van der Waals surface area contributed by atoms with Gasteiger partial charge >= 0.3 is 0 Å². The van der Waals surface area contributed by atoms with Gasteiger partial charge in [-0.05, 0) is 25.7 Å². The topological polar surface area (TPSA) is 25.8 Å². The van der Waals surface area contributed by atoms with E-state index >= 15 is 0 Å². The summed E-state index contributed by atoms with van der Waals surface area (Å²) in [7, 11) is 0. The van der Waals surface area contributed by atoms with Crippen LogP contribution in [0.1, 0.15) is 87.7 Å². The molecule has 0 radical (unpaired) electrons. The van der Waals surface area contributed by atoms with Gasteiger partial charge in [0.25, 0.3) is 0 Å². The van der Waals surface area contributed by atoms with Crippen LogP contribution in [0, 0.1) is 6.92 Å². The van der Waals surface area contributed by atoms with Crippen LogP contribution in [0.25, 0.3) is 0 Å². The molecular formula is C16H25ClN2. The lowest BCUT2D eigenvalue weighted by atomic mass is 9.90. The molecule has 0 aromatic carbocycles. The molecule has 1 fully saturated rings. The van der Waals surface area contributed by atoms with Crippen LogP contribution in [0.3, 0.4) is 0 Å². The van der Waals surface area contributed by atoms with Crippen LogP contribution in [0.15, 0.2) is 0 Å². The Hall–Kier alpha value is -0.630. The highest BCUT2D eigenvalue weighted by molar-refractivity contribution is 6.30. The zero-order chi connectivity index (χ0) is 13.8. The summed E-state index contributed by atoms with van der Waals surface area (Å²) in [6, 6.07) is 0. The van der Waals surface area contributed by atoms with E-state index in [4.69, 9.17) is 16.6 Å². The van der Waals surface area contributed by atoms with E-state index in [1.165, 1.54) is 44.9 Å². The maximum Gasteiger partial charge on any atom is 0.136 e. The van der Waals surface area contributed by atoms with Gasteiger partial charge in [-0.1, -0.05) is 57.6 Å². The van der Waals surface area contributed by atoms with Gasteiger partial charge in [0.15, 0.2) is 0 Å². The van der Waals surface area contributed by atoms with E-state index in [0.717, 1.165) is 17.1 Å². The highest BCUT2D eigenvalue weighted by Gasteiger charge is 2.20. The summed E-state index contributed by atoms with van der Waals surface area (Å²) in [5.74, 6) is 1.88. The Morgan fingerprint density at radius 2 is 1.58 bits per heavy atom. The van der Waals surface area contributed by atoms with Crippen molar-refractivity contribution in [1.82, 2.24) is 9.97 Å². The van der Waals surface area contributed by atoms with E-state index in [1.54, 1.807) is 0 Å². The Morgan fingerprint density at radius 3 is 2.11 bits per heavy atom. The van der Waals surface area contributed by atoms with Crippen LogP contribution < -0.4 is 0 Å². The highest BCUT2D eigenvalue weighted by Crippen LogP contribution is 2.32. The molecule has 0 saturated heterocycles. The third-order valence-corrected chi connectivity index (χ3v) is 4.44. The maximum absolute atomic E-state index is 6.37. The lowest BCUT2D eigenvalue weighted by Crippen LogP contribution is -2.10. The minimum atomic E-state index is 0.388. The van der Waals surface area contributed by atoms with Crippen molar-refractivity contribution in [3.63, 3.8) is 0 Å². The SMILES string of the molecule is Cc1nc(C2CCCCCCC2)nc(Cl)c1C(C)C. The zero-order valence-electron chi connectivity index (χ0n) is 12.4. The van der Waals surface area contributed by atoms with Crippen molar-refractivity contribution in [2.45, 2.75) is 77.6 Å². The van der Waals surface area contributed by atoms with Crippen LogP contribution >= 0.6 is 11.6 Å². The summed E-state index contributed by atoms with van der Waals surface area (Å²) in [6.45, 7) is 6.36. The molecule has 0 amide bonds. The monoisotopic (exact) mass is 280 g/mol. The fourth-order valence-corrected chi connectivity index (χ4v) is 3.56. The van der Waals surface area contributed by atoms with Gasteiger partial charge in [-0.25, -0.2) is 9.97 Å². The predicted octanol–water partition coefficient (Wildman–Crippen LogP) is 5.39. The van der Waals surface area contributed by atoms with Gasteiger partial charge in [0.1, 0.15) is 11.0 Å². The smallest absolute Gasteiger partial charge is 0.136 e. The molecular weight excluding hydrogens is 256 g/mol. The van der Waals surface area contributed by atoms with Gasteiger partial charge in [0.2, 0.25) is 0 Å². The van der Waals surface area contributed by atoms with Crippen LogP contribution in [0.2, 0.25) is 5.15 Å². The van der Waals surface area contributed by atoms with E-state index in [2.05, 4.69) is 25.8 Å². The molecule has 106 valence electrons. The summed E-state index contributed by atoms with van der Waals surface area (Å²) in [5.41, 5.74) is 2.17. The Labute approximate surface area is 122 Å². The van der Waals surface area contributed by atoms with Crippen LogP contribution in [0.5, 0.6) is 0 Å². The molecule has 3 heteroatoms. The van der Waals surface area contributed by atoms with E-state index in [9.17, 15) is 0 Å². The van der Waals surface area contributed by atoms with Gasteiger partial charge in [0, 0.05) is 17.2 Å². The molecule has 0 N–H and O–H groups in total. The zero-order valence-corrected chi connectivity index (χ0v) is 13.1. The van der Waals surface area contributed by atoms with E-state index in [1.807, 2.05) is 0 Å². The summed E-state index contributed by atoms with van der Waals surface area (Å²) < 4.78 is 0. The Bertz CT molecular complexity index is 398. The molecule has 0 spiro atoms. The Balaban J connectivity index is 2.24. The fraction of sp³-hybridized carbons (Fsp3) is 0.750. The minimum absolute atomic E-state index is 0.388. The number of aromatic nitrogens is 2. The summed E-state index contributed by atoms with van der Waals surface area (Å²) in [6.07, 6.45) is 9.14. The first-order chi connectivity index (χ1) is 9.09. The van der Waals surface area contributed by atoms with Gasteiger partial charge in [-0.3, -0.25) is 0 Å². The molecule has 0 atom stereocenters. The van der Waals surface area contributed by atoms with Crippen molar-refractivity contribution in [1.29, 1.82) is 0 Å². The van der Waals surface area contributed by atoms with Gasteiger partial charge in [-0.15, -0.1) is 0 Å². The van der Waals surface area contributed by atoms with Crippen molar-refractivity contribution in [2.75, 3.05) is 0 Å². The number of nitrogens with zero attached hydrogens (tertiary/aromatic N) is 2. The molecule has 1 saturated carbocycles. The quantitative estimate of drug-likeness (QED) is 0.679. The standard InChI is InChI=1S/C16H25ClN2/c1-11(2)14-12(3)18-16(19-15(14)17)13-9-7-5-4-6-8-10-13/h11,13H,4-10H2,1-3H3. The molecule has 1 aromatic rings. The minimum Gasteiger partial charge on any atom is -0.238 e. The third kappa shape index (κ3) is 3.68. The van der Waals surface area contributed by atoms with Gasteiger partial charge < -0.3 is 0 Å². The maximum atomic E-state index is 6.37. The highest BCUT2D eigenvalue weighted by atomic mass is 35.5. The lowest BCUT2D eigenvalue weighted by Gasteiger charge is -2.20. The molecule has 1 aliphatic carbocycles. The Kier molecular flexibility index (Phi) is 5.20. The normalized spacial score (nSPS) is 18.4. The molecule has 1 heterocycles. The van der Waals surface area contributed by atoms with Crippen LogP contribution in [-0.4, -0.2) is 9.97 Å². The lowest BCUT2D eigenvalue weighted by molar-refractivity contribution is 0.441. The largest absolute Gasteiger partial charge is 0.238 e. The van der Waals surface area contributed by atoms with E-state index < -0.39 is 0 Å². The van der Waals surface area contributed by atoms with Crippen LogP contribution in [0.4, 0.5) is 0 Å². The number of hydrogen-bond donors (Lipinski definition) is 0. The van der Waals surface area contributed by atoms with Crippen molar-refractivity contribution < 1.29 is 0 Å². The van der Waals surface area contributed by atoms with Gasteiger partial charge in [0.05, 0.1) is 0 Å². The summed E-state index contributed by atoms with van der Waals surface area (Å²) in [4.78, 5) is 9.36. The first-order valence-corrected chi connectivity index (χ1v) is 8.01. The third-order valence-electron chi connectivity index (χ3n) is 4.15. The molecule has 1 aromatic heterocycles. The number of rotatable bonds is 2. The average Bonchev–Trinajstić information content (AvgIpc) is 2.26. The molecule has 2 rings (SSSR count). The van der Waals surface area contributed by atoms with Crippen molar-refractivity contribution in [3.05, 3.63) is 22.2 Å². The fourth-order valence-electron chi connectivity index (χ4n) is 3.12. The van der Waals surface area contributed by atoms with Crippen LogP contribution in [-0.2, 0) is 0 Å².